The van der Waals surface area contributed by atoms with Crippen LogP contribution in [0.25, 0.3) is 0 Å². The van der Waals surface area contributed by atoms with Crippen molar-refractivity contribution in [2.75, 3.05) is 39.0 Å². The van der Waals surface area contributed by atoms with Gasteiger partial charge in [0.1, 0.15) is 11.6 Å². The number of methoxy groups -OCH3 is 1. The minimum Gasteiger partial charge on any atom is -0.496 e. The van der Waals surface area contributed by atoms with Crippen LogP contribution in [0.4, 0.5) is 5.69 Å². The Bertz CT molecular complexity index is 616. The maximum atomic E-state index is 12.3. The molecule has 0 fully saturated rings. The van der Waals surface area contributed by atoms with Crippen molar-refractivity contribution in [3.63, 3.8) is 0 Å². The predicted molar refractivity (Wildman–Crippen MR) is 88.8 cm³/mol. The molecule has 7 heteroatoms. The van der Waals surface area contributed by atoms with Gasteiger partial charge in [-0.05, 0) is 6.07 Å². The van der Waals surface area contributed by atoms with Crippen molar-refractivity contribution in [3.8, 4) is 5.75 Å². The van der Waals surface area contributed by atoms with Gasteiger partial charge < -0.3 is 20.7 Å². The number of amidine groups is 1. The van der Waals surface area contributed by atoms with E-state index in [0.717, 1.165) is 18.9 Å². The van der Waals surface area contributed by atoms with Crippen LogP contribution in [0, 0.1) is 0 Å². The summed E-state index contributed by atoms with van der Waals surface area (Å²) < 4.78 is 5.18. The lowest BCUT2D eigenvalue weighted by Crippen LogP contribution is -2.38. The number of amides is 1. The van der Waals surface area contributed by atoms with Gasteiger partial charge in [0.2, 0.25) is 0 Å². The zero-order valence-electron chi connectivity index (χ0n) is 12.4. The minimum atomic E-state index is -0.285. The summed E-state index contributed by atoms with van der Waals surface area (Å²) in [6.07, 6.45) is 1.81. The molecule has 1 aromatic carbocycles. The SMILES string of the molecule is C=CCN1CCN=C1CNC(=O)c1cc(Cl)c(N)cc1OC. The number of halogens is 1. The first-order valence-electron chi connectivity index (χ1n) is 6.87. The van der Waals surface area contributed by atoms with Gasteiger partial charge in [-0.25, -0.2) is 0 Å². The van der Waals surface area contributed by atoms with Crippen LogP contribution in [-0.4, -0.2) is 49.9 Å². The van der Waals surface area contributed by atoms with Crippen LogP contribution in [0.2, 0.25) is 5.02 Å². The van der Waals surface area contributed by atoms with Crippen LogP contribution in [0.3, 0.4) is 0 Å². The van der Waals surface area contributed by atoms with Gasteiger partial charge in [0.15, 0.2) is 0 Å². The largest absolute Gasteiger partial charge is 0.496 e. The van der Waals surface area contributed by atoms with Gasteiger partial charge >= 0.3 is 0 Å². The van der Waals surface area contributed by atoms with Crippen LogP contribution in [0.15, 0.2) is 29.8 Å². The predicted octanol–water partition coefficient (Wildman–Crippen LogP) is 1.56. The van der Waals surface area contributed by atoms with Crippen molar-refractivity contribution >= 4 is 29.0 Å². The Morgan fingerprint density at radius 2 is 2.41 bits per heavy atom. The summed E-state index contributed by atoms with van der Waals surface area (Å²) in [5.74, 6) is 0.941. The van der Waals surface area contributed by atoms with Crippen molar-refractivity contribution in [2.24, 2.45) is 4.99 Å². The number of anilines is 1. The van der Waals surface area contributed by atoms with Gasteiger partial charge in [0.05, 0.1) is 36.5 Å². The Labute approximate surface area is 134 Å². The first-order chi connectivity index (χ1) is 10.6. The summed E-state index contributed by atoms with van der Waals surface area (Å²) in [5, 5.41) is 3.14. The van der Waals surface area contributed by atoms with E-state index in [1.54, 1.807) is 0 Å². The van der Waals surface area contributed by atoms with Crippen LogP contribution >= 0.6 is 11.6 Å². The number of aliphatic imine (C=N–C) groups is 1. The molecule has 2 rings (SSSR count). The molecule has 0 radical (unpaired) electrons. The molecule has 0 spiro atoms. The van der Waals surface area contributed by atoms with Crippen molar-refractivity contribution in [1.82, 2.24) is 10.2 Å². The fourth-order valence-electron chi connectivity index (χ4n) is 2.22. The smallest absolute Gasteiger partial charge is 0.255 e. The average Bonchev–Trinajstić information content (AvgIpc) is 2.95. The molecule has 0 bridgehead atoms. The summed E-state index contributed by atoms with van der Waals surface area (Å²) in [5.41, 5.74) is 6.42. The maximum absolute atomic E-state index is 12.3. The molecular formula is C15H19ClN4O2. The molecule has 0 aromatic heterocycles. The lowest BCUT2D eigenvalue weighted by atomic mass is 10.1. The summed E-state index contributed by atoms with van der Waals surface area (Å²) in [6, 6.07) is 3.04. The Morgan fingerprint density at radius 1 is 1.64 bits per heavy atom. The molecule has 1 heterocycles. The van der Waals surface area contributed by atoms with Crippen LogP contribution in [0.5, 0.6) is 5.75 Å². The molecule has 1 aliphatic rings. The number of ether oxygens (including phenoxy) is 1. The van der Waals surface area contributed by atoms with Gasteiger partial charge in [-0.3, -0.25) is 9.79 Å². The molecule has 22 heavy (non-hydrogen) atoms. The Hall–Kier alpha value is -2.21. The Balaban J connectivity index is 2.07. The lowest BCUT2D eigenvalue weighted by Gasteiger charge is -2.19. The number of benzene rings is 1. The van der Waals surface area contributed by atoms with Gasteiger partial charge in [0.25, 0.3) is 5.91 Å². The quantitative estimate of drug-likeness (QED) is 0.615. The molecule has 3 N–H and O–H groups in total. The molecule has 6 nitrogen and oxygen atoms in total. The molecule has 1 aromatic rings. The van der Waals surface area contributed by atoms with E-state index in [2.05, 4.69) is 21.8 Å². The second-order valence-electron chi connectivity index (χ2n) is 4.79. The zero-order chi connectivity index (χ0) is 16.1. The van der Waals surface area contributed by atoms with E-state index in [-0.39, 0.29) is 5.91 Å². The number of carbonyl (C=O) groups is 1. The number of nitrogens with two attached hydrogens (primary N) is 1. The highest BCUT2D eigenvalue weighted by Crippen LogP contribution is 2.28. The fraction of sp³-hybridized carbons (Fsp3) is 0.333. The monoisotopic (exact) mass is 322 g/mol. The van der Waals surface area contributed by atoms with Crippen molar-refractivity contribution in [1.29, 1.82) is 0 Å². The summed E-state index contributed by atoms with van der Waals surface area (Å²) in [7, 11) is 1.48. The third-order valence-corrected chi connectivity index (χ3v) is 3.68. The minimum absolute atomic E-state index is 0.285. The van der Waals surface area contributed by atoms with E-state index >= 15 is 0 Å². The number of carbonyl (C=O) groups excluding carboxylic acids is 1. The normalized spacial score (nSPS) is 13.7. The second-order valence-corrected chi connectivity index (χ2v) is 5.20. The highest BCUT2D eigenvalue weighted by Gasteiger charge is 2.19. The van der Waals surface area contributed by atoms with Gasteiger partial charge in [-0.15, -0.1) is 6.58 Å². The highest BCUT2D eigenvalue weighted by molar-refractivity contribution is 6.33. The molecule has 0 saturated heterocycles. The number of rotatable bonds is 6. The van der Waals surface area contributed by atoms with E-state index in [1.807, 2.05) is 6.08 Å². The fourth-order valence-corrected chi connectivity index (χ4v) is 2.38. The Kier molecular flexibility index (Phi) is 5.27. The van der Waals surface area contributed by atoms with Crippen LogP contribution in [0.1, 0.15) is 10.4 Å². The summed E-state index contributed by atoms with van der Waals surface area (Å²) >= 11 is 5.97. The van der Waals surface area contributed by atoms with Gasteiger partial charge in [-0.1, -0.05) is 17.7 Å². The van der Waals surface area contributed by atoms with E-state index < -0.39 is 0 Å². The standard InChI is InChI=1S/C15H19ClN4O2/c1-3-5-20-6-4-18-14(20)9-19-15(21)10-7-11(16)12(17)8-13(10)22-2/h3,7-8H,1,4-6,9,17H2,2H3,(H,19,21). The van der Waals surface area contributed by atoms with Crippen LogP contribution < -0.4 is 15.8 Å². The molecule has 1 amide bonds. The number of nitrogen functional groups attached to an aromatic ring is 1. The van der Waals surface area contributed by atoms with Crippen molar-refractivity contribution in [3.05, 3.63) is 35.4 Å². The van der Waals surface area contributed by atoms with Gasteiger partial charge in [0, 0.05) is 19.2 Å². The average molecular weight is 323 g/mol. The Morgan fingerprint density at radius 3 is 3.09 bits per heavy atom. The van der Waals surface area contributed by atoms with Crippen molar-refractivity contribution < 1.29 is 9.53 Å². The first-order valence-corrected chi connectivity index (χ1v) is 7.25. The molecule has 0 aliphatic carbocycles. The van der Waals surface area contributed by atoms with E-state index in [1.165, 1.54) is 19.2 Å². The third kappa shape index (κ3) is 3.51. The topological polar surface area (TPSA) is 80.0 Å². The summed E-state index contributed by atoms with van der Waals surface area (Å²) in [4.78, 5) is 18.8. The highest BCUT2D eigenvalue weighted by atomic mass is 35.5. The molecule has 1 aliphatic heterocycles. The van der Waals surface area contributed by atoms with E-state index in [4.69, 9.17) is 22.1 Å². The number of nitrogens with one attached hydrogen (secondary N) is 1. The molecule has 0 atom stereocenters. The maximum Gasteiger partial charge on any atom is 0.255 e. The third-order valence-electron chi connectivity index (χ3n) is 3.35. The number of hydrogen-bond acceptors (Lipinski definition) is 5. The van der Waals surface area contributed by atoms with Gasteiger partial charge in [-0.2, -0.15) is 0 Å². The van der Waals surface area contributed by atoms with Crippen molar-refractivity contribution in [2.45, 2.75) is 0 Å². The first kappa shape index (κ1) is 16.2. The number of nitrogens with zero attached hydrogens (tertiary/aromatic N) is 2. The molecule has 0 unspecified atom stereocenters. The molecule has 0 saturated carbocycles. The summed E-state index contributed by atoms with van der Waals surface area (Å²) in [6.45, 7) is 6.35. The molecular weight excluding hydrogens is 304 g/mol. The van der Waals surface area contributed by atoms with Crippen LogP contribution in [-0.2, 0) is 0 Å². The lowest BCUT2D eigenvalue weighted by molar-refractivity contribution is 0.0955. The number of hydrogen-bond donors (Lipinski definition) is 2. The molecule has 118 valence electrons. The zero-order valence-corrected chi connectivity index (χ0v) is 13.2. The van der Waals surface area contributed by atoms with E-state index in [9.17, 15) is 4.79 Å². The van der Waals surface area contributed by atoms with E-state index in [0.29, 0.717) is 35.1 Å². The second kappa shape index (κ2) is 7.17.